The number of aliphatic imine (C=N–C) groups is 1. The number of carbonyl (C=O) groups excluding carboxylic acids is 2. The molecule has 128 valence electrons. The number of rotatable bonds is 3. The molecule has 0 radical (unpaired) electrons. The van der Waals surface area contributed by atoms with Crippen molar-refractivity contribution in [3.63, 3.8) is 0 Å². The number of hydrogen-bond acceptors (Lipinski definition) is 5. The molecule has 3 rings (SSSR count). The van der Waals surface area contributed by atoms with E-state index in [2.05, 4.69) is 20.6 Å². The van der Waals surface area contributed by atoms with Gasteiger partial charge in [-0.15, -0.1) is 0 Å². The second-order valence-electron chi connectivity index (χ2n) is 5.89. The molecule has 0 fully saturated rings. The number of carbonyl (C=O) groups is 2. The number of halogens is 1. The zero-order valence-electron chi connectivity index (χ0n) is 13.4. The summed E-state index contributed by atoms with van der Waals surface area (Å²) in [6.07, 6.45) is 1.58. The van der Waals surface area contributed by atoms with Gasteiger partial charge < -0.3 is 11.1 Å². The van der Waals surface area contributed by atoms with Gasteiger partial charge in [0, 0.05) is 11.9 Å². The van der Waals surface area contributed by atoms with Crippen molar-refractivity contribution in [3.8, 4) is 0 Å². The van der Waals surface area contributed by atoms with Gasteiger partial charge in [-0.1, -0.05) is 23.7 Å². The molecule has 8 heteroatoms. The molecule has 7 nitrogen and oxygen atoms in total. The van der Waals surface area contributed by atoms with E-state index in [1.54, 1.807) is 30.3 Å². The fraction of sp³-hybridized carbons (Fsp3) is 0.176. The van der Waals surface area contributed by atoms with E-state index < -0.39 is 5.54 Å². The van der Waals surface area contributed by atoms with Gasteiger partial charge in [0.15, 0.2) is 5.96 Å². The zero-order chi connectivity index (χ0) is 18.0. The summed E-state index contributed by atoms with van der Waals surface area (Å²) in [6.45, 7) is 1.82. The Morgan fingerprint density at radius 1 is 1.36 bits per heavy atom. The number of nitrogens with zero attached hydrogens (tertiary/aromatic N) is 2. The third-order valence-corrected chi connectivity index (χ3v) is 4.07. The summed E-state index contributed by atoms with van der Waals surface area (Å²) in [5, 5.41) is 5.71. The number of amides is 2. The third kappa shape index (κ3) is 3.77. The van der Waals surface area contributed by atoms with Gasteiger partial charge in [0.05, 0.1) is 17.0 Å². The molecule has 2 heterocycles. The maximum atomic E-state index is 12.3. The number of benzene rings is 1. The minimum Gasteiger partial charge on any atom is -0.370 e. The number of nitrogens with two attached hydrogens (primary N) is 1. The number of hydrogen-bond donors (Lipinski definition) is 3. The van der Waals surface area contributed by atoms with Gasteiger partial charge in [0.25, 0.3) is 5.91 Å². The van der Waals surface area contributed by atoms with Gasteiger partial charge in [0.1, 0.15) is 5.69 Å². The molecule has 1 aliphatic heterocycles. The highest BCUT2D eigenvalue weighted by Crippen LogP contribution is 2.32. The van der Waals surface area contributed by atoms with E-state index in [1.165, 1.54) is 6.20 Å². The summed E-state index contributed by atoms with van der Waals surface area (Å²) in [5.74, 6) is -0.475. The molecule has 0 saturated heterocycles. The second kappa shape index (κ2) is 6.52. The second-order valence-corrected chi connectivity index (χ2v) is 6.33. The first-order valence-corrected chi connectivity index (χ1v) is 7.92. The number of nitrogens with one attached hydrogen (secondary N) is 2. The third-order valence-electron chi connectivity index (χ3n) is 3.84. The summed E-state index contributed by atoms with van der Waals surface area (Å²) in [7, 11) is 0. The van der Waals surface area contributed by atoms with Crippen molar-refractivity contribution < 1.29 is 9.59 Å². The average Bonchev–Trinajstić information content (AvgIpc) is 2.54. The van der Waals surface area contributed by atoms with Gasteiger partial charge in [-0.25, -0.2) is 9.98 Å². The topological polar surface area (TPSA) is 109 Å². The lowest BCUT2D eigenvalue weighted by Crippen LogP contribution is -2.46. The van der Waals surface area contributed by atoms with Gasteiger partial charge in [0.2, 0.25) is 5.91 Å². The van der Waals surface area contributed by atoms with Crippen molar-refractivity contribution >= 4 is 35.1 Å². The Bertz CT molecular complexity index is 866. The van der Waals surface area contributed by atoms with Crippen LogP contribution in [0.1, 0.15) is 29.4 Å². The smallest absolute Gasteiger partial charge is 0.274 e. The van der Waals surface area contributed by atoms with Crippen LogP contribution < -0.4 is 16.4 Å². The Hall–Kier alpha value is -2.93. The highest BCUT2D eigenvalue weighted by Gasteiger charge is 2.33. The Labute approximate surface area is 149 Å². The molecule has 1 aliphatic rings. The Morgan fingerprint density at radius 3 is 2.84 bits per heavy atom. The molecular weight excluding hydrogens is 342 g/mol. The first kappa shape index (κ1) is 16.9. The van der Waals surface area contributed by atoms with E-state index in [0.29, 0.717) is 10.7 Å². The number of anilines is 1. The van der Waals surface area contributed by atoms with E-state index in [4.69, 9.17) is 17.3 Å². The van der Waals surface area contributed by atoms with Crippen LogP contribution in [0, 0.1) is 0 Å². The Kier molecular flexibility index (Phi) is 4.41. The van der Waals surface area contributed by atoms with Gasteiger partial charge in [-0.05, 0) is 36.8 Å². The highest BCUT2D eigenvalue weighted by atomic mass is 35.5. The van der Waals surface area contributed by atoms with Crippen LogP contribution in [0.3, 0.4) is 0 Å². The van der Waals surface area contributed by atoms with Crippen LogP contribution in [0.4, 0.5) is 5.69 Å². The molecule has 0 bridgehead atoms. The lowest BCUT2D eigenvalue weighted by Gasteiger charge is -2.29. The highest BCUT2D eigenvalue weighted by molar-refractivity contribution is 6.30. The maximum Gasteiger partial charge on any atom is 0.274 e. The minimum absolute atomic E-state index is 0.0820. The summed E-state index contributed by atoms with van der Waals surface area (Å²) in [6, 6.07) is 10.3. The molecule has 2 aromatic rings. The van der Waals surface area contributed by atoms with E-state index in [1.807, 2.05) is 13.0 Å². The lowest BCUT2D eigenvalue weighted by molar-refractivity contribution is -0.121. The standard InChI is InChI=1S/C17H16ClN5O2/c1-17(8-14(24)22-16(19)23-17)10-3-2-4-12(7-10)21-15(25)13-6-5-11(18)9-20-13/h2-7,9H,8H2,1H3,(H,21,25)(H3,19,22,23,24). The van der Waals surface area contributed by atoms with Gasteiger partial charge in [-0.2, -0.15) is 0 Å². The molecule has 4 N–H and O–H groups in total. The summed E-state index contributed by atoms with van der Waals surface area (Å²) < 4.78 is 0. The molecule has 1 aromatic heterocycles. The number of aromatic nitrogens is 1. The van der Waals surface area contributed by atoms with Crippen LogP contribution in [-0.4, -0.2) is 22.8 Å². The van der Waals surface area contributed by atoms with E-state index in [-0.39, 0.29) is 29.9 Å². The van der Waals surface area contributed by atoms with Crippen molar-refractivity contribution in [2.75, 3.05) is 5.32 Å². The predicted octanol–water partition coefficient (Wildman–Crippen LogP) is 2.04. The normalized spacial score (nSPS) is 19.8. The van der Waals surface area contributed by atoms with E-state index in [0.717, 1.165) is 5.56 Å². The predicted molar refractivity (Wildman–Crippen MR) is 95.4 cm³/mol. The van der Waals surface area contributed by atoms with Crippen LogP contribution in [-0.2, 0) is 10.3 Å². The molecule has 1 atom stereocenters. The fourth-order valence-electron chi connectivity index (χ4n) is 2.64. The monoisotopic (exact) mass is 357 g/mol. The van der Waals surface area contributed by atoms with Crippen LogP contribution in [0.5, 0.6) is 0 Å². The summed E-state index contributed by atoms with van der Waals surface area (Å²) in [5.41, 5.74) is 6.48. The first-order chi connectivity index (χ1) is 11.9. The average molecular weight is 358 g/mol. The van der Waals surface area contributed by atoms with Crippen LogP contribution >= 0.6 is 11.6 Å². The van der Waals surface area contributed by atoms with Crippen LogP contribution in [0.25, 0.3) is 0 Å². The fourth-order valence-corrected chi connectivity index (χ4v) is 2.75. The molecule has 1 aromatic carbocycles. The van der Waals surface area contributed by atoms with E-state index >= 15 is 0 Å². The van der Waals surface area contributed by atoms with E-state index in [9.17, 15) is 9.59 Å². The molecular formula is C17H16ClN5O2. The lowest BCUT2D eigenvalue weighted by atomic mass is 9.87. The van der Waals surface area contributed by atoms with Crippen molar-refractivity contribution in [3.05, 3.63) is 58.9 Å². The number of pyridine rings is 1. The molecule has 0 aliphatic carbocycles. The van der Waals surface area contributed by atoms with Crippen molar-refractivity contribution in [1.82, 2.24) is 10.3 Å². The first-order valence-electron chi connectivity index (χ1n) is 7.54. The molecule has 1 unspecified atom stereocenters. The van der Waals surface area contributed by atoms with Crippen LogP contribution in [0.2, 0.25) is 5.02 Å². The molecule has 0 spiro atoms. The SMILES string of the molecule is CC1(c2cccc(NC(=O)c3ccc(Cl)cn3)c2)CC(=O)NC(N)=N1. The molecule has 0 saturated carbocycles. The summed E-state index contributed by atoms with van der Waals surface area (Å²) >= 11 is 5.77. The van der Waals surface area contributed by atoms with Gasteiger partial charge >= 0.3 is 0 Å². The Balaban J connectivity index is 1.84. The molecule has 25 heavy (non-hydrogen) atoms. The largest absolute Gasteiger partial charge is 0.370 e. The number of guanidine groups is 1. The van der Waals surface area contributed by atoms with Crippen molar-refractivity contribution in [1.29, 1.82) is 0 Å². The van der Waals surface area contributed by atoms with Crippen molar-refractivity contribution in [2.45, 2.75) is 18.9 Å². The maximum absolute atomic E-state index is 12.3. The molecule has 2 amide bonds. The Morgan fingerprint density at radius 2 is 2.16 bits per heavy atom. The summed E-state index contributed by atoms with van der Waals surface area (Å²) in [4.78, 5) is 32.4. The minimum atomic E-state index is -0.786. The quantitative estimate of drug-likeness (QED) is 0.780. The van der Waals surface area contributed by atoms with Crippen LogP contribution in [0.15, 0.2) is 47.6 Å². The zero-order valence-corrected chi connectivity index (χ0v) is 14.2. The van der Waals surface area contributed by atoms with Gasteiger partial charge in [-0.3, -0.25) is 14.9 Å². The van der Waals surface area contributed by atoms with Crippen molar-refractivity contribution in [2.24, 2.45) is 10.7 Å².